The van der Waals surface area contributed by atoms with E-state index < -0.39 is 29.5 Å². The van der Waals surface area contributed by atoms with Gasteiger partial charge in [-0.15, -0.1) is 0 Å². The Balaban J connectivity index is 1.77. The number of carbonyl (C=O) groups is 2. The number of carbonyl (C=O) groups excluding carboxylic acids is 2. The summed E-state index contributed by atoms with van der Waals surface area (Å²) < 4.78 is 25.4. The molecule has 8 heteroatoms. The van der Waals surface area contributed by atoms with Crippen molar-refractivity contribution in [1.82, 2.24) is 14.8 Å². The zero-order chi connectivity index (χ0) is 21.7. The van der Waals surface area contributed by atoms with E-state index in [9.17, 15) is 14.0 Å². The van der Waals surface area contributed by atoms with Crippen molar-refractivity contribution < 1.29 is 23.5 Å². The quantitative estimate of drug-likeness (QED) is 0.766. The van der Waals surface area contributed by atoms with E-state index in [1.54, 1.807) is 61.2 Å². The van der Waals surface area contributed by atoms with Gasteiger partial charge in [0.2, 0.25) is 0 Å². The molecule has 3 rings (SSSR count). The maximum atomic E-state index is 14.2. The standard InChI is InChI=1S/C22H26FN3O4/c1-22(2,3)30-21(28)25-11-12-26(20(27)18-8-4-5-9-19(18)23)16(14-25)15-29-17-7-6-10-24-13-17/h4-10,13,16H,11-12,14-15H2,1-3H3. The van der Waals surface area contributed by atoms with Crippen molar-refractivity contribution in [3.8, 4) is 5.75 Å². The first-order valence-electron chi connectivity index (χ1n) is 9.81. The molecular formula is C22H26FN3O4. The first kappa shape index (κ1) is 21.5. The van der Waals surface area contributed by atoms with Gasteiger partial charge in [0.25, 0.3) is 5.91 Å². The number of ether oxygens (including phenoxy) is 2. The molecule has 1 aliphatic heterocycles. The lowest BCUT2D eigenvalue weighted by molar-refractivity contribution is -0.00107. The van der Waals surface area contributed by atoms with Gasteiger partial charge in [0.1, 0.15) is 23.8 Å². The molecular weight excluding hydrogens is 389 g/mol. The third-order valence-corrected chi connectivity index (χ3v) is 4.58. The van der Waals surface area contributed by atoms with Crippen LogP contribution in [0.15, 0.2) is 48.8 Å². The summed E-state index contributed by atoms with van der Waals surface area (Å²) in [5.41, 5.74) is -0.631. The minimum absolute atomic E-state index is 0.00500. The number of nitrogens with zero attached hydrogens (tertiary/aromatic N) is 3. The van der Waals surface area contributed by atoms with Crippen molar-refractivity contribution in [2.45, 2.75) is 32.4 Å². The van der Waals surface area contributed by atoms with Crippen molar-refractivity contribution >= 4 is 12.0 Å². The monoisotopic (exact) mass is 415 g/mol. The second-order valence-electron chi connectivity index (χ2n) is 8.06. The highest BCUT2D eigenvalue weighted by Crippen LogP contribution is 2.20. The van der Waals surface area contributed by atoms with Gasteiger partial charge in [-0.1, -0.05) is 12.1 Å². The summed E-state index contributed by atoms with van der Waals surface area (Å²) in [6, 6.07) is 8.89. The van der Waals surface area contributed by atoms with Crippen molar-refractivity contribution in [2.75, 3.05) is 26.2 Å². The third-order valence-electron chi connectivity index (χ3n) is 4.58. The Kier molecular flexibility index (Phi) is 6.54. The lowest BCUT2D eigenvalue weighted by atomic mass is 10.1. The van der Waals surface area contributed by atoms with Crippen molar-refractivity contribution in [2.24, 2.45) is 0 Å². The SMILES string of the molecule is CC(C)(C)OC(=O)N1CCN(C(=O)c2ccccc2F)C(COc2cccnc2)C1. The number of piperazine rings is 1. The molecule has 0 spiro atoms. The fraction of sp³-hybridized carbons (Fsp3) is 0.409. The largest absolute Gasteiger partial charge is 0.490 e. The summed E-state index contributed by atoms with van der Waals surface area (Å²) in [6.45, 7) is 6.27. The molecule has 1 aromatic heterocycles. The summed E-state index contributed by atoms with van der Waals surface area (Å²) >= 11 is 0. The van der Waals surface area contributed by atoms with Gasteiger partial charge in [-0.05, 0) is 45.0 Å². The smallest absolute Gasteiger partial charge is 0.410 e. The second-order valence-corrected chi connectivity index (χ2v) is 8.06. The topological polar surface area (TPSA) is 72.0 Å². The van der Waals surface area contributed by atoms with Crippen molar-refractivity contribution in [1.29, 1.82) is 0 Å². The first-order valence-corrected chi connectivity index (χ1v) is 9.81. The van der Waals surface area contributed by atoms with Crippen LogP contribution in [0, 0.1) is 5.82 Å². The van der Waals surface area contributed by atoms with Crippen LogP contribution in [0.1, 0.15) is 31.1 Å². The van der Waals surface area contributed by atoms with Gasteiger partial charge in [0, 0.05) is 25.8 Å². The van der Waals surface area contributed by atoms with E-state index in [1.807, 2.05) is 0 Å². The summed E-state index contributed by atoms with van der Waals surface area (Å²) in [4.78, 5) is 32.7. The summed E-state index contributed by atoms with van der Waals surface area (Å²) in [5, 5.41) is 0. The predicted octanol–water partition coefficient (Wildman–Crippen LogP) is 3.36. The van der Waals surface area contributed by atoms with Crippen molar-refractivity contribution in [3.63, 3.8) is 0 Å². The lowest BCUT2D eigenvalue weighted by Gasteiger charge is -2.41. The van der Waals surface area contributed by atoms with Crippen LogP contribution in [0.3, 0.4) is 0 Å². The van der Waals surface area contributed by atoms with Crippen LogP contribution in [0.5, 0.6) is 5.75 Å². The molecule has 1 saturated heterocycles. The Morgan fingerprint density at radius 3 is 2.60 bits per heavy atom. The number of halogens is 1. The van der Waals surface area contributed by atoms with Gasteiger partial charge in [-0.2, -0.15) is 0 Å². The number of amides is 2. The second kappa shape index (κ2) is 9.11. The Morgan fingerprint density at radius 2 is 1.93 bits per heavy atom. The molecule has 1 aliphatic rings. The molecule has 2 amide bonds. The van der Waals surface area contributed by atoms with Gasteiger partial charge in [-0.25, -0.2) is 9.18 Å². The molecule has 2 heterocycles. The number of aromatic nitrogens is 1. The number of hydrogen-bond donors (Lipinski definition) is 0. The summed E-state index contributed by atoms with van der Waals surface area (Å²) in [5.74, 6) is -0.467. The highest BCUT2D eigenvalue weighted by atomic mass is 19.1. The molecule has 0 radical (unpaired) electrons. The number of hydrogen-bond acceptors (Lipinski definition) is 5. The Labute approximate surface area is 175 Å². The van der Waals surface area contributed by atoms with Gasteiger partial charge in [-0.3, -0.25) is 9.78 Å². The molecule has 0 N–H and O–H groups in total. The molecule has 0 aliphatic carbocycles. The molecule has 1 atom stereocenters. The van der Waals surface area contributed by atoms with E-state index in [0.29, 0.717) is 12.3 Å². The summed E-state index contributed by atoms with van der Waals surface area (Å²) in [6.07, 6.45) is 2.75. The van der Waals surface area contributed by atoms with Crippen LogP contribution in [0.2, 0.25) is 0 Å². The Morgan fingerprint density at radius 1 is 1.17 bits per heavy atom. The highest BCUT2D eigenvalue weighted by Gasteiger charge is 2.35. The molecule has 1 fully saturated rings. The van der Waals surface area contributed by atoms with Crippen LogP contribution >= 0.6 is 0 Å². The highest BCUT2D eigenvalue weighted by molar-refractivity contribution is 5.95. The van der Waals surface area contributed by atoms with E-state index in [0.717, 1.165) is 0 Å². The minimum atomic E-state index is -0.626. The Bertz CT molecular complexity index is 885. The molecule has 160 valence electrons. The molecule has 1 aromatic carbocycles. The molecule has 0 saturated carbocycles. The number of pyridine rings is 1. The number of benzene rings is 1. The van der Waals surface area contributed by atoms with E-state index in [1.165, 1.54) is 18.2 Å². The third kappa shape index (κ3) is 5.46. The predicted molar refractivity (Wildman–Crippen MR) is 109 cm³/mol. The van der Waals surface area contributed by atoms with Gasteiger partial charge < -0.3 is 19.3 Å². The molecule has 0 bridgehead atoms. The number of rotatable bonds is 4. The van der Waals surface area contributed by atoms with Crippen LogP contribution in [-0.4, -0.2) is 64.7 Å². The first-order chi connectivity index (χ1) is 14.2. The molecule has 7 nitrogen and oxygen atoms in total. The fourth-order valence-electron chi connectivity index (χ4n) is 3.17. The van der Waals surface area contributed by atoms with Crippen LogP contribution in [0.4, 0.5) is 9.18 Å². The summed E-state index contributed by atoms with van der Waals surface area (Å²) in [7, 11) is 0. The zero-order valence-corrected chi connectivity index (χ0v) is 17.4. The van der Waals surface area contributed by atoms with Crippen LogP contribution < -0.4 is 4.74 Å². The van der Waals surface area contributed by atoms with Crippen LogP contribution in [0.25, 0.3) is 0 Å². The zero-order valence-electron chi connectivity index (χ0n) is 17.4. The van der Waals surface area contributed by atoms with Crippen LogP contribution in [-0.2, 0) is 4.74 Å². The minimum Gasteiger partial charge on any atom is -0.490 e. The van der Waals surface area contributed by atoms with Gasteiger partial charge >= 0.3 is 6.09 Å². The van der Waals surface area contributed by atoms with E-state index in [4.69, 9.17) is 9.47 Å². The Hall–Kier alpha value is -3.16. The average molecular weight is 415 g/mol. The average Bonchev–Trinajstić information content (AvgIpc) is 2.71. The van der Waals surface area contributed by atoms with Crippen molar-refractivity contribution in [3.05, 3.63) is 60.2 Å². The maximum Gasteiger partial charge on any atom is 0.410 e. The van der Waals surface area contributed by atoms with Gasteiger partial charge in [0.05, 0.1) is 17.8 Å². The van der Waals surface area contributed by atoms with E-state index in [-0.39, 0.29) is 25.3 Å². The molecule has 1 unspecified atom stereocenters. The fourth-order valence-corrected chi connectivity index (χ4v) is 3.17. The maximum absolute atomic E-state index is 14.2. The van der Waals surface area contributed by atoms with E-state index in [2.05, 4.69) is 4.98 Å². The van der Waals surface area contributed by atoms with Gasteiger partial charge in [0.15, 0.2) is 0 Å². The van der Waals surface area contributed by atoms with E-state index >= 15 is 0 Å². The normalized spacial score (nSPS) is 16.9. The molecule has 30 heavy (non-hydrogen) atoms. The molecule has 2 aromatic rings. The lowest BCUT2D eigenvalue weighted by Crippen LogP contribution is -2.59.